The van der Waals surface area contributed by atoms with E-state index in [0.717, 1.165) is 0 Å². The minimum absolute atomic E-state index is 0. The fourth-order valence-electron chi connectivity index (χ4n) is 0.211. The molecule has 0 aromatic carbocycles. The van der Waals surface area contributed by atoms with Gasteiger partial charge in [0.2, 0.25) is 0 Å². The van der Waals surface area contributed by atoms with Crippen molar-refractivity contribution in [1.29, 1.82) is 0 Å². The Morgan fingerprint density at radius 3 is 2.00 bits per heavy atom. The molecule has 0 bridgehead atoms. The van der Waals surface area contributed by atoms with Gasteiger partial charge in [-0.1, -0.05) is 6.92 Å². The Morgan fingerprint density at radius 1 is 1.67 bits per heavy atom. The first-order chi connectivity index (χ1) is 3.48. The monoisotopic (exact) mass is 162 g/mol. The predicted molar refractivity (Wildman–Crippen MR) is 35.6 cm³/mol. The maximum Gasteiger partial charge on any atom is 0.280 e. The zero-order valence-corrected chi connectivity index (χ0v) is 8.35. The topological polar surface area (TPSA) is 80.4 Å². The molecule has 1 atom stereocenters. The summed E-state index contributed by atoms with van der Waals surface area (Å²) in [6, 6.07) is 0. The summed E-state index contributed by atoms with van der Waals surface area (Å²) in [6.45, 7) is 1.58. The molecule has 1 radical (unpaired) electrons. The molecule has 6 heteroatoms. The largest absolute Gasteiger partial charge is 0.313 e. The average Bonchev–Trinajstić information content (AvgIpc) is 1.62. The van der Waals surface area contributed by atoms with Crippen LogP contribution in [-0.2, 0) is 10.1 Å². The van der Waals surface area contributed by atoms with Crippen molar-refractivity contribution in [2.75, 3.05) is 0 Å². The fourth-order valence-corrected chi connectivity index (χ4v) is 0.632. The first-order valence-corrected chi connectivity index (χ1v) is 3.70. The van der Waals surface area contributed by atoms with E-state index < -0.39 is 15.5 Å². The first-order valence-electron chi connectivity index (χ1n) is 2.20. The SMILES string of the molecule is CCC(N)S(=O)(=O)O.[Na]. The van der Waals surface area contributed by atoms with Gasteiger partial charge in [0.1, 0.15) is 5.37 Å². The van der Waals surface area contributed by atoms with Gasteiger partial charge in [-0.15, -0.1) is 0 Å². The summed E-state index contributed by atoms with van der Waals surface area (Å²) in [7, 11) is -3.98. The molecule has 1 unspecified atom stereocenters. The molecule has 0 amide bonds. The van der Waals surface area contributed by atoms with E-state index in [1.807, 2.05) is 0 Å². The van der Waals surface area contributed by atoms with E-state index in [0.29, 0.717) is 0 Å². The zero-order chi connectivity index (χ0) is 6.78. The third-order valence-electron chi connectivity index (χ3n) is 0.785. The third kappa shape index (κ3) is 5.32. The second kappa shape index (κ2) is 4.65. The molecule has 4 nitrogen and oxygen atoms in total. The van der Waals surface area contributed by atoms with Gasteiger partial charge in [0.05, 0.1) is 0 Å². The third-order valence-corrected chi connectivity index (χ3v) is 1.88. The maximum atomic E-state index is 9.99. The van der Waals surface area contributed by atoms with Gasteiger partial charge in [-0.3, -0.25) is 4.55 Å². The van der Waals surface area contributed by atoms with Gasteiger partial charge in [-0.25, -0.2) is 0 Å². The smallest absolute Gasteiger partial charge is 0.280 e. The summed E-state index contributed by atoms with van der Waals surface area (Å²) in [5.41, 5.74) is 4.91. The molecule has 0 aromatic rings. The number of rotatable bonds is 2. The molecule has 0 spiro atoms. The second-order valence-corrected chi connectivity index (χ2v) is 3.10. The van der Waals surface area contributed by atoms with E-state index in [1.165, 1.54) is 0 Å². The van der Waals surface area contributed by atoms with E-state index in [-0.39, 0.29) is 36.0 Å². The minimum atomic E-state index is -3.98. The molecule has 9 heavy (non-hydrogen) atoms. The van der Waals surface area contributed by atoms with Crippen molar-refractivity contribution in [1.82, 2.24) is 0 Å². The van der Waals surface area contributed by atoms with Crippen molar-refractivity contribution in [3.05, 3.63) is 0 Å². The van der Waals surface area contributed by atoms with Crippen molar-refractivity contribution < 1.29 is 13.0 Å². The molecule has 0 aromatic heterocycles. The normalized spacial score (nSPS) is 14.1. The van der Waals surface area contributed by atoms with Crippen LogP contribution in [0.3, 0.4) is 0 Å². The molecule has 0 aliphatic heterocycles. The van der Waals surface area contributed by atoms with Crippen LogP contribution in [0.5, 0.6) is 0 Å². The Morgan fingerprint density at radius 2 is 2.00 bits per heavy atom. The summed E-state index contributed by atoms with van der Waals surface area (Å²) >= 11 is 0. The standard InChI is InChI=1S/C3H9NO3S.Na/c1-2-3(4)8(5,6)7;/h3H,2,4H2,1H3,(H,5,6,7);. The molecule has 0 saturated carbocycles. The molecule has 0 rings (SSSR count). The van der Waals surface area contributed by atoms with E-state index in [9.17, 15) is 8.42 Å². The minimum Gasteiger partial charge on any atom is -0.313 e. The first kappa shape index (κ1) is 12.5. The van der Waals surface area contributed by atoms with Gasteiger partial charge < -0.3 is 5.73 Å². The summed E-state index contributed by atoms with van der Waals surface area (Å²) in [6.07, 6.45) is 0.235. The van der Waals surface area contributed by atoms with Gasteiger partial charge in [-0.2, -0.15) is 8.42 Å². The Bertz CT molecular complexity index is 154. The molecular weight excluding hydrogens is 153 g/mol. The van der Waals surface area contributed by atoms with Crippen LogP contribution < -0.4 is 5.73 Å². The van der Waals surface area contributed by atoms with Gasteiger partial charge >= 0.3 is 0 Å². The molecule has 0 fully saturated rings. The molecule has 0 heterocycles. The number of nitrogens with two attached hydrogens (primary N) is 1. The molecule has 0 saturated heterocycles. The van der Waals surface area contributed by atoms with E-state index in [2.05, 4.69) is 0 Å². The summed E-state index contributed by atoms with van der Waals surface area (Å²) in [4.78, 5) is 0. The second-order valence-electron chi connectivity index (χ2n) is 1.46. The molecule has 0 aliphatic carbocycles. The van der Waals surface area contributed by atoms with Crippen LogP contribution in [0.15, 0.2) is 0 Å². The Hall–Kier alpha value is 0.870. The van der Waals surface area contributed by atoms with Crippen LogP contribution in [0.2, 0.25) is 0 Å². The molecule has 0 aliphatic rings. The molecular formula is C3H9NNaO3S. The van der Waals surface area contributed by atoms with Gasteiger partial charge in [-0.05, 0) is 6.42 Å². The van der Waals surface area contributed by atoms with Crippen molar-refractivity contribution in [2.24, 2.45) is 5.73 Å². The van der Waals surface area contributed by atoms with Crippen LogP contribution in [0, 0.1) is 0 Å². The van der Waals surface area contributed by atoms with Crippen LogP contribution in [0.4, 0.5) is 0 Å². The van der Waals surface area contributed by atoms with Crippen molar-refractivity contribution in [2.45, 2.75) is 18.7 Å². The Balaban J connectivity index is 0. The summed E-state index contributed by atoms with van der Waals surface area (Å²) in [5.74, 6) is 0. The maximum absolute atomic E-state index is 9.99. The Labute approximate surface area is 76.9 Å². The number of hydrogen-bond acceptors (Lipinski definition) is 3. The Kier molecular flexibility index (Phi) is 6.48. The van der Waals surface area contributed by atoms with Crippen LogP contribution in [0.25, 0.3) is 0 Å². The van der Waals surface area contributed by atoms with Crippen LogP contribution >= 0.6 is 0 Å². The molecule has 51 valence electrons. The van der Waals surface area contributed by atoms with E-state index >= 15 is 0 Å². The van der Waals surface area contributed by atoms with Gasteiger partial charge in [0.25, 0.3) is 10.1 Å². The average molecular weight is 162 g/mol. The quantitative estimate of drug-likeness (QED) is 0.411. The van der Waals surface area contributed by atoms with E-state index in [4.69, 9.17) is 10.3 Å². The number of hydrogen-bond donors (Lipinski definition) is 2. The van der Waals surface area contributed by atoms with Crippen molar-refractivity contribution in [3.8, 4) is 0 Å². The van der Waals surface area contributed by atoms with Crippen LogP contribution in [0.1, 0.15) is 13.3 Å². The van der Waals surface area contributed by atoms with Crippen LogP contribution in [-0.4, -0.2) is 47.9 Å². The predicted octanol–water partition coefficient (Wildman–Crippen LogP) is -0.812. The van der Waals surface area contributed by atoms with E-state index in [1.54, 1.807) is 6.92 Å². The zero-order valence-electron chi connectivity index (χ0n) is 5.53. The van der Waals surface area contributed by atoms with Crippen molar-refractivity contribution >= 4 is 39.7 Å². The summed E-state index contributed by atoms with van der Waals surface area (Å²) < 4.78 is 28.1. The van der Waals surface area contributed by atoms with Gasteiger partial charge in [0.15, 0.2) is 0 Å². The van der Waals surface area contributed by atoms with Gasteiger partial charge in [0, 0.05) is 29.6 Å². The molecule has 3 N–H and O–H groups in total. The summed E-state index contributed by atoms with van der Waals surface area (Å²) in [5, 5.41) is -1.12. The van der Waals surface area contributed by atoms with Crippen molar-refractivity contribution in [3.63, 3.8) is 0 Å². The fraction of sp³-hybridized carbons (Fsp3) is 1.00.